The van der Waals surface area contributed by atoms with Gasteiger partial charge in [-0.2, -0.15) is 0 Å². The maximum Gasteiger partial charge on any atom is 0.193 e. The van der Waals surface area contributed by atoms with Crippen molar-refractivity contribution in [1.82, 2.24) is 10.2 Å². The summed E-state index contributed by atoms with van der Waals surface area (Å²) in [7, 11) is 1.85. The molecule has 0 saturated carbocycles. The van der Waals surface area contributed by atoms with Gasteiger partial charge in [-0.05, 0) is 24.3 Å². The first-order chi connectivity index (χ1) is 11.8. The smallest absolute Gasteiger partial charge is 0.193 e. The number of hydrogen-bond donors (Lipinski definition) is 1. The lowest BCUT2D eigenvalue weighted by molar-refractivity contribution is -0.0817. The van der Waals surface area contributed by atoms with Crippen LogP contribution in [0.3, 0.4) is 0 Å². The van der Waals surface area contributed by atoms with Crippen molar-refractivity contribution in [2.24, 2.45) is 4.99 Å². The average molecular weight is 331 g/mol. The summed E-state index contributed by atoms with van der Waals surface area (Å²) in [4.78, 5) is 6.77. The van der Waals surface area contributed by atoms with E-state index < -0.39 is 0 Å². The zero-order valence-electron chi connectivity index (χ0n) is 14.8. The summed E-state index contributed by atoms with van der Waals surface area (Å²) in [6.45, 7) is 6.45. The number of hydrogen-bond acceptors (Lipinski definition) is 3. The number of guanidine groups is 1. The molecule has 2 fully saturated rings. The normalized spacial score (nSPS) is 26.4. The summed E-state index contributed by atoms with van der Waals surface area (Å²) < 4.78 is 11.7. The molecule has 3 unspecified atom stereocenters. The fraction of sp³-hybridized carbons (Fsp3) is 0.632. The van der Waals surface area contributed by atoms with E-state index in [2.05, 4.69) is 52.5 Å². The van der Waals surface area contributed by atoms with E-state index >= 15 is 0 Å². The highest BCUT2D eigenvalue weighted by atomic mass is 16.5. The summed E-state index contributed by atoms with van der Waals surface area (Å²) in [6, 6.07) is 10.6. The van der Waals surface area contributed by atoms with E-state index in [0.717, 1.165) is 51.6 Å². The van der Waals surface area contributed by atoms with Gasteiger partial charge in [-0.15, -0.1) is 0 Å². The minimum atomic E-state index is 0.159. The van der Waals surface area contributed by atoms with E-state index in [4.69, 9.17) is 9.47 Å². The van der Waals surface area contributed by atoms with Crippen molar-refractivity contribution in [1.29, 1.82) is 0 Å². The fourth-order valence-electron chi connectivity index (χ4n) is 3.46. The van der Waals surface area contributed by atoms with Gasteiger partial charge in [-0.25, -0.2) is 0 Å². The topological polar surface area (TPSA) is 46.1 Å². The Hall–Kier alpha value is -1.59. The first-order valence-corrected chi connectivity index (χ1v) is 9.01. The Balaban J connectivity index is 1.53. The monoisotopic (exact) mass is 331 g/mol. The first-order valence-electron chi connectivity index (χ1n) is 9.01. The molecule has 3 rings (SSSR count). The highest BCUT2D eigenvalue weighted by molar-refractivity contribution is 5.80. The number of morpholine rings is 1. The first kappa shape index (κ1) is 17.2. The molecule has 1 N–H and O–H groups in total. The fourth-order valence-corrected chi connectivity index (χ4v) is 3.46. The van der Waals surface area contributed by atoms with E-state index in [0.29, 0.717) is 5.92 Å². The second-order valence-corrected chi connectivity index (χ2v) is 6.65. The van der Waals surface area contributed by atoms with Gasteiger partial charge >= 0.3 is 0 Å². The highest BCUT2D eigenvalue weighted by Crippen LogP contribution is 2.21. The Bertz CT molecular complexity index is 529. The van der Waals surface area contributed by atoms with Crippen molar-refractivity contribution >= 4 is 5.96 Å². The van der Waals surface area contributed by atoms with Crippen LogP contribution < -0.4 is 5.32 Å². The Morgan fingerprint density at radius 3 is 2.75 bits per heavy atom. The summed E-state index contributed by atoms with van der Waals surface area (Å²) in [5.74, 6) is 1.40. The zero-order valence-corrected chi connectivity index (χ0v) is 14.8. The molecule has 0 bridgehead atoms. The van der Waals surface area contributed by atoms with Crippen LogP contribution in [0.2, 0.25) is 0 Å². The van der Waals surface area contributed by atoms with E-state index in [1.807, 2.05) is 7.05 Å². The lowest BCUT2D eigenvalue weighted by atomic mass is 10.0. The lowest BCUT2D eigenvalue weighted by Crippen LogP contribution is -2.53. The average Bonchev–Trinajstić information content (AvgIpc) is 3.18. The van der Waals surface area contributed by atoms with Crippen LogP contribution in [0.5, 0.6) is 0 Å². The van der Waals surface area contributed by atoms with Gasteiger partial charge in [0.25, 0.3) is 0 Å². The molecule has 0 amide bonds. The SMILES string of the molecule is CN=C(NCC(C)c1ccccc1)N1CCOC(C2CCCO2)C1. The number of nitrogens with zero attached hydrogens (tertiary/aromatic N) is 2. The van der Waals surface area contributed by atoms with Gasteiger partial charge in [0.2, 0.25) is 0 Å². The third kappa shape index (κ3) is 4.28. The molecule has 5 heteroatoms. The zero-order chi connectivity index (χ0) is 16.8. The van der Waals surface area contributed by atoms with Gasteiger partial charge in [0, 0.05) is 33.3 Å². The van der Waals surface area contributed by atoms with Crippen LogP contribution in [0.25, 0.3) is 0 Å². The third-order valence-electron chi connectivity index (χ3n) is 4.92. The minimum absolute atomic E-state index is 0.159. The van der Waals surface area contributed by atoms with E-state index in [9.17, 15) is 0 Å². The highest BCUT2D eigenvalue weighted by Gasteiger charge is 2.32. The number of nitrogens with one attached hydrogen (secondary N) is 1. The summed E-state index contributed by atoms with van der Waals surface area (Å²) in [5.41, 5.74) is 1.35. The number of ether oxygens (including phenoxy) is 2. The van der Waals surface area contributed by atoms with Gasteiger partial charge in [0.05, 0.1) is 12.7 Å². The third-order valence-corrected chi connectivity index (χ3v) is 4.92. The predicted octanol–water partition coefficient (Wildman–Crippen LogP) is 2.25. The van der Waals surface area contributed by atoms with Crippen LogP contribution in [-0.4, -0.2) is 63.0 Å². The molecule has 24 heavy (non-hydrogen) atoms. The Morgan fingerprint density at radius 2 is 2.04 bits per heavy atom. The molecular weight excluding hydrogens is 302 g/mol. The van der Waals surface area contributed by atoms with Crippen molar-refractivity contribution in [2.75, 3.05) is 39.9 Å². The van der Waals surface area contributed by atoms with Crippen molar-refractivity contribution < 1.29 is 9.47 Å². The molecule has 3 atom stereocenters. The Labute approximate surface area is 145 Å². The van der Waals surface area contributed by atoms with Crippen molar-refractivity contribution in [3.8, 4) is 0 Å². The second kappa shape index (κ2) is 8.49. The Kier molecular flexibility index (Phi) is 6.10. The molecule has 2 saturated heterocycles. The number of benzene rings is 1. The number of aliphatic imine (C=N–C) groups is 1. The van der Waals surface area contributed by atoms with Crippen molar-refractivity contribution in [3.05, 3.63) is 35.9 Å². The number of rotatable bonds is 4. The largest absolute Gasteiger partial charge is 0.375 e. The maximum atomic E-state index is 5.93. The van der Waals surface area contributed by atoms with E-state index in [1.165, 1.54) is 5.56 Å². The van der Waals surface area contributed by atoms with Crippen LogP contribution in [-0.2, 0) is 9.47 Å². The van der Waals surface area contributed by atoms with Crippen LogP contribution in [0, 0.1) is 0 Å². The molecular formula is C19H29N3O2. The van der Waals surface area contributed by atoms with Crippen LogP contribution in [0.4, 0.5) is 0 Å². The molecule has 0 aliphatic carbocycles. The molecule has 1 aromatic carbocycles. The van der Waals surface area contributed by atoms with Crippen LogP contribution >= 0.6 is 0 Å². The van der Waals surface area contributed by atoms with Gasteiger partial charge < -0.3 is 19.7 Å². The predicted molar refractivity (Wildman–Crippen MR) is 96.5 cm³/mol. The summed E-state index contributed by atoms with van der Waals surface area (Å²) in [6.07, 6.45) is 2.65. The molecule has 5 nitrogen and oxygen atoms in total. The van der Waals surface area contributed by atoms with Gasteiger partial charge in [-0.1, -0.05) is 37.3 Å². The van der Waals surface area contributed by atoms with Crippen molar-refractivity contribution in [2.45, 2.75) is 37.9 Å². The van der Waals surface area contributed by atoms with Crippen molar-refractivity contribution in [3.63, 3.8) is 0 Å². The molecule has 132 valence electrons. The van der Waals surface area contributed by atoms with Crippen LogP contribution in [0.1, 0.15) is 31.2 Å². The maximum absolute atomic E-state index is 5.93. The molecule has 0 radical (unpaired) electrons. The van der Waals surface area contributed by atoms with Gasteiger partial charge in [0.15, 0.2) is 5.96 Å². The second-order valence-electron chi connectivity index (χ2n) is 6.65. The van der Waals surface area contributed by atoms with Gasteiger partial charge in [-0.3, -0.25) is 4.99 Å². The minimum Gasteiger partial charge on any atom is -0.375 e. The lowest BCUT2D eigenvalue weighted by Gasteiger charge is -2.37. The van der Waals surface area contributed by atoms with E-state index in [1.54, 1.807) is 0 Å². The Morgan fingerprint density at radius 1 is 1.25 bits per heavy atom. The van der Waals surface area contributed by atoms with Gasteiger partial charge in [0.1, 0.15) is 6.10 Å². The molecule has 2 aliphatic rings. The standard InChI is InChI=1S/C19H29N3O2/c1-15(16-7-4-3-5-8-16)13-21-19(20-2)22-10-12-24-18(14-22)17-9-6-11-23-17/h3-5,7-8,15,17-18H,6,9-14H2,1-2H3,(H,20,21). The molecule has 2 aliphatic heterocycles. The summed E-state index contributed by atoms with van der Waals surface area (Å²) >= 11 is 0. The molecule has 1 aromatic rings. The molecule has 2 heterocycles. The van der Waals surface area contributed by atoms with Crippen LogP contribution in [0.15, 0.2) is 35.3 Å². The summed E-state index contributed by atoms with van der Waals surface area (Å²) in [5, 5.41) is 3.53. The molecule has 0 spiro atoms. The molecule has 0 aromatic heterocycles. The van der Waals surface area contributed by atoms with E-state index in [-0.39, 0.29) is 12.2 Å². The quantitative estimate of drug-likeness (QED) is 0.679.